The lowest BCUT2D eigenvalue weighted by Crippen LogP contribution is -2.16. The molecule has 5 nitrogen and oxygen atoms in total. The highest BCUT2D eigenvalue weighted by Crippen LogP contribution is 2.28. The van der Waals surface area contributed by atoms with Crippen LogP contribution in [0.15, 0.2) is 6.07 Å². The van der Waals surface area contributed by atoms with Crippen molar-refractivity contribution < 1.29 is 18.3 Å². The van der Waals surface area contributed by atoms with Crippen molar-refractivity contribution in [2.75, 3.05) is 24.2 Å². The fourth-order valence-electron chi connectivity index (χ4n) is 1.20. The second-order valence-electron chi connectivity index (χ2n) is 3.77. The summed E-state index contributed by atoms with van der Waals surface area (Å²) < 4.78 is 37.5. The molecule has 0 radical (unpaired) electrons. The molecule has 0 bridgehead atoms. The minimum atomic E-state index is -4.59. The van der Waals surface area contributed by atoms with E-state index in [0.29, 0.717) is 13.0 Å². The molecule has 1 aromatic rings. The third-order valence-corrected chi connectivity index (χ3v) is 2.10. The quantitative estimate of drug-likeness (QED) is 0.755. The Morgan fingerprint density at radius 3 is 2.44 bits per heavy atom. The molecule has 0 spiro atoms. The maximum atomic E-state index is 12.5. The Morgan fingerprint density at radius 1 is 1.33 bits per heavy atom. The van der Waals surface area contributed by atoms with E-state index in [1.807, 2.05) is 0 Å². The molecule has 1 rings (SSSR count). The van der Waals surface area contributed by atoms with E-state index in [2.05, 4.69) is 20.6 Å². The standard InChI is InChI=1S/C10H15F3N4O/c1-6(18)3-4-15-8-5-7(14-2)16-9(17-8)10(11,12)13/h5-6,18H,3-4H2,1-2H3,(H2,14,15,16,17). The zero-order valence-electron chi connectivity index (χ0n) is 10.0. The fraction of sp³-hybridized carbons (Fsp3) is 0.600. The third-order valence-electron chi connectivity index (χ3n) is 2.10. The van der Waals surface area contributed by atoms with Crippen molar-refractivity contribution in [3.8, 4) is 0 Å². The smallest absolute Gasteiger partial charge is 0.393 e. The predicted molar refractivity (Wildman–Crippen MR) is 61.4 cm³/mol. The Bertz CT molecular complexity index is 395. The van der Waals surface area contributed by atoms with Crippen molar-refractivity contribution in [1.29, 1.82) is 0 Å². The molecule has 0 aliphatic carbocycles. The molecule has 0 aliphatic heterocycles. The number of nitrogens with one attached hydrogen (secondary N) is 2. The number of aliphatic hydroxyl groups is 1. The van der Waals surface area contributed by atoms with E-state index in [-0.39, 0.29) is 11.6 Å². The SMILES string of the molecule is CNc1cc(NCCC(C)O)nc(C(F)(F)F)n1. The van der Waals surface area contributed by atoms with Gasteiger partial charge in [-0.25, -0.2) is 9.97 Å². The van der Waals surface area contributed by atoms with Gasteiger partial charge < -0.3 is 15.7 Å². The van der Waals surface area contributed by atoms with Crippen LogP contribution in [0, 0.1) is 0 Å². The second kappa shape index (κ2) is 5.85. The Morgan fingerprint density at radius 2 is 1.94 bits per heavy atom. The van der Waals surface area contributed by atoms with Gasteiger partial charge in [0.2, 0.25) is 5.82 Å². The first kappa shape index (κ1) is 14.5. The van der Waals surface area contributed by atoms with Gasteiger partial charge in [0.25, 0.3) is 0 Å². The summed E-state index contributed by atoms with van der Waals surface area (Å²) in [5.74, 6) is -1.05. The lowest BCUT2D eigenvalue weighted by molar-refractivity contribution is -0.144. The van der Waals surface area contributed by atoms with Gasteiger partial charge in [0.05, 0.1) is 6.10 Å². The third kappa shape index (κ3) is 4.36. The van der Waals surface area contributed by atoms with Crippen LogP contribution in [0.2, 0.25) is 0 Å². The number of hydrogen-bond donors (Lipinski definition) is 3. The lowest BCUT2D eigenvalue weighted by atomic mass is 10.3. The highest BCUT2D eigenvalue weighted by atomic mass is 19.4. The minimum Gasteiger partial charge on any atom is -0.393 e. The van der Waals surface area contributed by atoms with Crippen molar-refractivity contribution in [3.05, 3.63) is 11.9 Å². The first-order valence-corrected chi connectivity index (χ1v) is 5.39. The normalized spacial score (nSPS) is 13.2. The van der Waals surface area contributed by atoms with Crippen LogP contribution in [0.25, 0.3) is 0 Å². The van der Waals surface area contributed by atoms with Crippen LogP contribution in [0.3, 0.4) is 0 Å². The van der Waals surface area contributed by atoms with Crippen LogP contribution in [0.1, 0.15) is 19.2 Å². The number of hydrogen-bond acceptors (Lipinski definition) is 5. The van der Waals surface area contributed by atoms with Gasteiger partial charge in [0.1, 0.15) is 11.6 Å². The van der Waals surface area contributed by atoms with Gasteiger partial charge in [-0.3, -0.25) is 0 Å². The van der Waals surface area contributed by atoms with Crippen molar-refractivity contribution >= 4 is 11.6 Å². The molecule has 1 heterocycles. The molecule has 102 valence electrons. The molecule has 1 aromatic heterocycles. The fourth-order valence-corrected chi connectivity index (χ4v) is 1.20. The summed E-state index contributed by atoms with van der Waals surface area (Å²) in [7, 11) is 1.47. The van der Waals surface area contributed by atoms with E-state index in [1.54, 1.807) is 6.92 Å². The Balaban J connectivity index is 2.84. The molecule has 0 fully saturated rings. The van der Waals surface area contributed by atoms with Crippen LogP contribution >= 0.6 is 0 Å². The van der Waals surface area contributed by atoms with E-state index in [9.17, 15) is 13.2 Å². The number of nitrogens with zero attached hydrogens (tertiary/aromatic N) is 2. The van der Waals surface area contributed by atoms with Gasteiger partial charge in [-0.1, -0.05) is 0 Å². The van der Waals surface area contributed by atoms with E-state index in [1.165, 1.54) is 13.1 Å². The van der Waals surface area contributed by atoms with Gasteiger partial charge >= 0.3 is 6.18 Å². The summed E-state index contributed by atoms with van der Waals surface area (Å²) in [4.78, 5) is 6.71. The summed E-state index contributed by atoms with van der Waals surface area (Å²) in [5.41, 5.74) is 0. The van der Waals surface area contributed by atoms with Crippen LogP contribution in [0.5, 0.6) is 0 Å². The molecular weight excluding hydrogens is 249 g/mol. The Kier molecular flexibility index (Phi) is 4.71. The van der Waals surface area contributed by atoms with Crippen LogP contribution in [-0.4, -0.2) is 34.8 Å². The van der Waals surface area contributed by atoms with Crippen LogP contribution in [0.4, 0.5) is 24.8 Å². The molecule has 0 saturated heterocycles. The topological polar surface area (TPSA) is 70.1 Å². The molecular formula is C10H15F3N4O. The van der Waals surface area contributed by atoms with Gasteiger partial charge in [-0.2, -0.15) is 13.2 Å². The first-order valence-electron chi connectivity index (χ1n) is 5.39. The number of rotatable bonds is 5. The maximum Gasteiger partial charge on any atom is 0.451 e. The van der Waals surface area contributed by atoms with Crippen molar-refractivity contribution in [2.24, 2.45) is 0 Å². The molecule has 3 N–H and O–H groups in total. The van der Waals surface area contributed by atoms with E-state index in [0.717, 1.165) is 0 Å². The minimum absolute atomic E-state index is 0.0716. The van der Waals surface area contributed by atoms with Gasteiger partial charge in [0, 0.05) is 19.7 Å². The summed E-state index contributed by atoms with van der Waals surface area (Å²) in [6.07, 6.45) is -4.70. The van der Waals surface area contributed by atoms with E-state index < -0.39 is 18.1 Å². The average molecular weight is 264 g/mol. The van der Waals surface area contributed by atoms with E-state index >= 15 is 0 Å². The molecule has 1 unspecified atom stereocenters. The molecule has 0 amide bonds. The van der Waals surface area contributed by atoms with Gasteiger partial charge in [0.15, 0.2) is 0 Å². The molecule has 18 heavy (non-hydrogen) atoms. The largest absolute Gasteiger partial charge is 0.451 e. The van der Waals surface area contributed by atoms with Crippen molar-refractivity contribution in [3.63, 3.8) is 0 Å². The molecule has 8 heteroatoms. The molecule has 0 saturated carbocycles. The van der Waals surface area contributed by atoms with Crippen LogP contribution < -0.4 is 10.6 Å². The number of anilines is 2. The summed E-state index contributed by atoms with van der Waals surface area (Å²) in [6.45, 7) is 1.93. The Labute approximate surface area is 102 Å². The van der Waals surface area contributed by atoms with Crippen molar-refractivity contribution in [1.82, 2.24) is 9.97 Å². The number of aromatic nitrogens is 2. The van der Waals surface area contributed by atoms with Crippen molar-refractivity contribution in [2.45, 2.75) is 25.6 Å². The zero-order valence-corrected chi connectivity index (χ0v) is 10.0. The number of alkyl halides is 3. The zero-order chi connectivity index (χ0) is 13.8. The van der Waals surface area contributed by atoms with Gasteiger partial charge in [-0.05, 0) is 13.3 Å². The number of halogens is 3. The highest BCUT2D eigenvalue weighted by molar-refractivity contribution is 5.47. The highest BCUT2D eigenvalue weighted by Gasteiger charge is 2.35. The predicted octanol–water partition coefficient (Wildman–Crippen LogP) is 1.72. The van der Waals surface area contributed by atoms with Gasteiger partial charge in [-0.15, -0.1) is 0 Å². The van der Waals surface area contributed by atoms with Crippen LogP contribution in [-0.2, 0) is 6.18 Å². The number of aliphatic hydroxyl groups excluding tert-OH is 1. The average Bonchev–Trinajstić information content (AvgIpc) is 2.27. The first-order chi connectivity index (χ1) is 8.32. The second-order valence-corrected chi connectivity index (χ2v) is 3.77. The van der Waals surface area contributed by atoms with E-state index in [4.69, 9.17) is 5.11 Å². The molecule has 0 aromatic carbocycles. The summed E-state index contributed by atoms with van der Waals surface area (Å²) >= 11 is 0. The maximum absolute atomic E-state index is 12.5. The Hall–Kier alpha value is -1.57. The summed E-state index contributed by atoms with van der Waals surface area (Å²) in [5, 5.41) is 14.3. The lowest BCUT2D eigenvalue weighted by Gasteiger charge is -2.11. The monoisotopic (exact) mass is 264 g/mol. The summed E-state index contributed by atoms with van der Waals surface area (Å²) in [6, 6.07) is 1.37. The molecule has 0 aliphatic rings. The molecule has 1 atom stereocenters.